The molecule has 0 bridgehead atoms. The molecule has 0 unspecified atom stereocenters. The lowest BCUT2D eigenvalue weighted by Crippen LogP contribution is -2.51. The van der Waals surface area contributed by atoms with Crippen LogP contribution >= 0.6 is 0 Å². The number of benzene rings is 2. The van der Waals surface area contributed by atoms with Gasteiger partial charge in [-0.05, 0) is 55.0 Å². The lowest BCUT2D eigenvalue weighted by atomic mass is 9.78. The number of fused-ring (bicyclic) bond motifs is 2. The Morgan fingerprint density at radius 3 is 2.81 bits per heavy atom. The van der Waals surface area contributed by atoms with Crippen molar-refractivity contribution >= 4 is 16.8 Å². The summed E-state index contributed by atoms with van der Waals surface area (Å²) in [6, 6.07) is 16.3. The minimum Gasteiger partial charge on any atom is -0.360 e. The number of aromatic amines is 1. The molecule has 1 saturated carbocycles. The van der Waals surface area contributed by atoms with Crippen LogP contribution in [0.2, 0.25) is 0 Å². The highest BCUT2D eigenvalue weighted by molar-refractivity contribution is 6.06. The summed E-state index contributed by atoms with van der Waals surface area (Å²) in [5.74, 6) is 0.0343. The van der Waals surface area contributed by atoms with Crippen molar-refractivity contribution in [3.63, 3.8) is 0 Å². The molecule has 1 fully saturated rings. The topological polar surface area (TPSA) is 71.9 Å². The number of nitrogens with zero attached hydrogens (tertiary/aromatic N) is 2. The largest absolute Gasteiger partial charge is 0.360 e. The van der Waals surface area contributed by atoms with Gasteiger partial charge in [0.2, 0.25) is 0 Å². The van der Waals surface area contributed by atoms with E-state index in [9.17, 15) is 10.1 Å². The van der Waals surface area contributed by atoms with Crippen molar-refractivity contribution in [1.82, 2.24) is 15.2 Å². The fourth-order valence-electron chi connectivity index (χ4n) is 5.48. The number of hydrogen-bond donors (Lipinski definition) is 2. The van der Waals surface area contributed by atoms with E-state index in [0.717, 1.165) is 67.3 Å². The third kappa shape index (κ3) is 4.16. The summed E-state index contributed by atoms with van der Waals surface area (Å²) in [4.78, 5) is 19.0. The second-order valence-electron chi connectivity index (χ2n) is 9.41. The van der Waals surface area contributed by atoms with Gasteiger partial charge in [0.15, 0.2) is 0 Å². The Labute approximate surface area is 189 Å². The van der Waals surface area contributed by atoms with Crippen molar-refractivity contribution in [3.05, 3.63) is 70.9 Å². The Bertz CT molecular complexity index is 1170. The van der Waals surface area contributed by atoms with Gasteiger partial charge in [0, 0.05) is 42.3 Å². The first kappa shape index (κ1) is 20.8. The van der Waals surface area contributed by atoms with Gasteiger partial charge in [-0.2, -0.15) is 5.26 Å². The Morgan fingerprint density at radius 2 is 1.97 bits per heavy atom. The maximum absolute atomic E-state index is 13.3. The van der Waals surface area contributed by atoms with Crippen LogP contribution in [-0.4, -0.2) is 34.4 Å². The smallest absolute Gasteiger partial charge is 0.253 e. The number of amides is 1. The molecule has 0 saturated heterocycles. The van der Waals surface area contributed by atoms with E-state index in [4.69, 9.17) is 0 Å². The van der Waals surface area contributed by atoms with E-state index in [2.05, 4.69) is 27.3 Å². The Hall–Kier alpha value is -3.10. The third-order valence-corrected chi connectivity index (χ3v) is 7.36. The zero-order valence-electron chi connectivity index (χ0n) is 18.5. The summed E-state index contributed by atoms with van der Waals surface area (Å²) in [5, 5.41) is 13.7. The van der Waals surface area contributed by atoms with Crippen LogP contribution in [0.3, 0.4) is 0 Å². The molecule has 2 aromatic carbocycles. The number of carbonyl (C=O) groups excluding carboxylic acids is 1. The molecule has 2 aliphatic rings. The Balaban J connectivity index is 1.29. The molecule has 0 atom stereocenters. The molecular formula is C27H30N4O. The first-order valence-corrected chi connectivity index (χ1v) is 11.8. The van der Waals surface area contributed by atoms with Gasteiger partial charge >= 0.3 is 0 Å². The molecule has 164 valence electrons. The molecule has 0 radical (unpaired) electrons. The van der Waals surface area contributed by atoms with E-state index in [0.29, 0.717) is 0 Å². The second-order valence-corrected chi connectivity index (χ2v) is 9.41. The molecule has 1 amide bonds. The molecule has 1 aliphatic heterocycles. The SMILES string of the molecule is N#Cc1ccc2c(c1)CN(CCC1(NC(=O)c3c[nH]c4ccccc34)CCCCC1)CC2. The van der Waals surface area contributed by atoms with Gasteiger partial charge < -0.3 is 10.3 Å². The first-order valence-electron chi connectivity index (χ1n) is 11.8. The minimum atomic E-state index is -0.136. The van der Waals surface area contributed by atoms with Crippen LogP contribution in [0, 0.1) is 11.3 Å². The average Bonchev–Trinajstić information content (AvgIpc) is 3.27. The molecule has 5 heteroatoms. The fraction of sp³-hybridized carbons (Fsp3) is 0.407. The average molecular weight is 427 g/mol. The monoisotopic (exact) mass is 426 g/mol. The van der Waals surface area contributed by atoms with Crippen LogP contribution in [-0.2, 0) is 13.0 Å². The summed E-state index contributed by atoms with van der Waals surface area (Å²) in [7, 11) is 0. The number of para-hydroxylation sites is 1. The summed E-state index contributed by atoms with van der Waals surface area (Å²) < 4.78 is 0. The van der Waals surface area contributed by atoms with Crippen molar-refractivity contribution in [2.45, 2.75) is 57.0 Å². The van der Waals surface area contributed by atoms with Gasteiger partial charge in [-0.3, -0.25) is 9.69 Å². The number of H-pyrrole nitrogens is 1. The zero-order chi connectivity index (χ0) is 22.0. The molecule has 1 aliphatic carbocycles. The van der Waals surface area contributed by atoms with Gasteiger partial charge in [0.1, 0.15) is 0 Å². The van der Waals surface area contributed by atoms with Crippen LogP contribution in [0.1, 0.15) is 65.6 Å². The molecule has 2 heterocycles. The van der Waals surface area contributed by atoms with E-state index in [1.807, 2.05) is 42.6 Å². The predicted octanol–water partition coefficient (Wildman–Crippen LogP) is 4.92. The normalized spacial score (nSPS) is 18.1. The zero-order valence-corrected chi connectivity index (χ0v) is 18.5. The molecule has 0 spiro atoms. The third-order valence-electron chi connectivity index (χ3n) is 7.36. The molecule has 2 N–H and O–H groups in total. The first-order chi connectivity index (χ1) is 15.7. The van der Waals surface area contributed by atoms with Crippen LogP contribution in [0.5, 0.6) is 0 Å². The van der Waals surface area contributed by atoms with E-state index < -0.39 is 0 Å². The van der Waals surface area contributed by atoms with E-state index in [1.165, 1.54) is 30.4 Å². The van der Waals surface area contributed by atoms with E-state index >= 15 is 0 Å². The van der Waals surface area contributed by atoms with Gasteiger partial charge in [0.05, 0.1) is 17.2 Å². The Morgan fingerprint density at radius 1 is 1.12 bits per heavy atom. The van der Waals surface area contributed by atoms with Gasteiger partial charge in [-0.25, -0.2) is 0 Å². The van der Waals surface area contributed by atoms with E-state index in [-0.39, 0.29) is 11.4 Å². The van der Waals surface area contributed by atoms with Crippen molar-refractivity contribution in [3.8, 4) is 6.07 Å². The summed E-state index contributed by atoms with van der Waals surface area (Å²) in [6.07, 6.45) is 9.51. The number of nitriles is 1. The summed E-state index contributed by atoms with van der Waals surface area (Å²) in [5.41, 5.74) is 4.97. The number of carbonyl (C=O) groups is 1. The van der Waals surface area contributed by atoms with Crippen LogP contribution in [0.25, 0.3) is 10.9 Å². The number of nitrogens with one attached hydrogen (secondary N) is 2. The second kappa shape index (κ2) is 8.80. The predicted molar refractivity (Wildman–Crippen MR) is 126 cm³/mol. The molecule has 5 nitrogen and oxygen atoms in total. The molecule has 5 rings (SSSR count). The fourth-order valence-corrected chi connectivity index (χ4v) is 5.48. The number of hydrogen-bond acceptors (Lipinski definition) is 3. The summed E-state index contributed by atoms with van der Waals surface area (Å²) in [6.45, 7) is 2.88. The lowest BCUT2D eigenvalue weighted by molar-refractivity contribution is 0.0842. The molecule has 3 aromatic rings. The number of aromatic nitrogens is 1. The van der Waals surface area contributed by atoms with E-state index in [1.54, 1.807) is 0 Å². The standard InChI is InChI=1S/C27H30N4O/c28-17-20-8-9-21-10-14-31(19-22(21)16-20)15-13-27(11-4-1-5-12-27)30-26(32)24-18-29-25-7-3-2-6-23(24)25/h2-3,6-9,16,18,29H,1,4-5,10-15,19H2,(H,30,32). The maximum atomic E-state index is 13.3. The quantitative estimate of drug-likeness (QED) is 0.608. The maximum Gasteiger partial charge on any atom is 0.253 e. The highest BCUT2D eigenvalue weighted by Gasteiger charge is 2.34. The van der Waals surface area contributed by atoms with Crippen molar-refractivity contribution in [2.24, 2.45) is 0 Å². The van der Waals surface area contributed by atoms with Crippen molar-refractivity contribution in [1.29, 1.82) is 5.26 Å². The summed E-state index contributed by atoms with van der Waals surface area (Å²) >= 11 is 0. The van der Waals surface area contributed by atoms with Crippen LogP contribution in [0.4, 0.5) is 0 Å². The highest BCUT2D eigenvalue weighted by Crippen LogP contribution is 2.33. The van der Waals surface area contributed by atoms with Gasteiger partial charge in [-0.1, -0.05) is 43.5 Å². The van der Waals surface area contributed by atoms with Crippen molar-refractivity contribution < 1.29 is 4.79 Å². The van der Waals surface area contributed by atoms with Crippen LogP contribution < -0.4 is 5.32 Å². The molecule has 1 aromatic heterocycles. The molecular weight excluding hydrogens is 396 g/mol. The van der Waals surface area contributed by atoms with Gasteiger partial charge in [-0.15, -0.1) is 0 Å². The highest BCUT2D eigenvalue weighted by atomic mass is 16.1. The van der Waals surface area contributed by atoms with Gasteiger partial charge in [0.25, 0.3) is 5.91 Å². The number of rotatable bonds is 5. The van der Waals surface area contributed by atoms with Crippen LogP contribution in [0.15, 0.2) is 48.7 Å². The molecule has 32 heavy (non-hydrogen) atoms. The lowest BCUT2D eigenvalue weighted by Gasteiger charge is -2.40. The van der Waals surface area contributed by atoms with Crippen molar-refractivity contribution in [2.75, 3.05) is 13.1 Å². The minimum absolute atomic E-state index is 0.0343. The Kier molecular flexibility index (Phi) is 5.71.